The van der Waals surface area contributed by atoms with Gasteiger partial charge in [-0.25, -0.2) is 0 Å². The SMILES string of the molecule is CSC1CCC(NC2CCCc3sc(Br)cc32)C1. The van der Waals surface area contributed by atoms with Crippen LogP contribution in [0, 0.1) is 0 Å². The van der Waals surface area contributed by atoms with E-state index in [-0.39, 0.29) is 0 Å². The van der Waals surface area contributed by atoms with Crippen molar-refractivity contribution in [3.05, 3.63) is 20.3 Å². The molecule has 0 radical (unpaired) electrons. The Bertz CT molecular complexity index is 418. The molecule has 0 aliphatic heterocycles. The molecule has 100 valence electrons. The molecule has 1 aromatic heterocycles. The van der Waals surface area contributed by atoms with Gasteiger partial charge in [0.2, 0.25) is 0 Å². The lowest BCUT2D eigenvalue weighted by atomic mass is 9.93. The molecule has 2 aliphatic carbocycles. The molecule has 4 heteroatoms. The van der Waals surface area contributed by atoms with E-state index in [4.69, 9.17) is 0 Å². The number of halogens is 1. The van der Waals surface area contributed by atoms with Crippen molar-refractivity contribution in [2.24, 2.45) is 0 Å². The highest BCUT2D eigenvalue weighted by molar-refractivity contribution is 9.11. The molecule has 1 N–H and O–H groups in total. The van der Waals surface area contributed by atoms with E-state index in [1.54, 1.807) is 10.4 Å². The zero-order valence-electron chi connectivity index (χ0n) is 10.7. The zero-order chi connectivity index (χ0) is 12.5. The molecule has 0 bridgehead atoms. The first-order chi connectivity index (χ1) is 8.76. The summed E-state index contributed by atoms with van der Waals surface area (Å²) in [6.45, 7) is 0. The highest BCUT2D eigenvalue weighted by Crippen LogP contribution is 2.39. The Hall–Kier alpha value is 0.490. The van der Waals surface area contributed by atoms with E-state index in [9.17, 15) is 0 Å². The maximum Gasteiger partial charge on any atom is 0.0704 e. The quantitative estimate of drug-likeness (QED) is 0.847. The molecule has 3 rings (SSSR count). The summed E-state index contributed by atoms with van der Waals surface area (Å²) < 4.78 is 1.30. The van der Waals surface area contributed by atoms with Crippen LogP contribution in [0.1, 0.15) is 48.6 Å². The summed E-state index contributed by atoms with van der Waals surface area (Å²) in [5.41, 5.74) is 1.57. The van der Waals surface area contributed by atoms with Crippen molar-refractivity contribution in [1.82, 2.24) is 5.32 Å². The van der Waals surface area contributed by atoms with Crippen molar-refractivity contribution in [3.63, 3.8) is 0 Å². The fourth-order valence-corrected chi connectivity index (χ4v) is 5.90. The molecule has 1 heterocycles. The van der Waals surface area contributed by atoms with Crippen molar-refractivity contribution >= 4 is 39.0 Å². The minimum atomic E-state index is 0.613. The third kappa shape index (κ3) is 2.82. The van der Waals surface area contributed by atoms with Gasteiger partial charge < -0.3 is 5.32 Å². The van der Waals surface area contributed by atoms with E-state index >= 15 is 0 Å². The average Bonchev–Trinajstić information content (AvgIpc) is 2.95. The average molecular weight is 346 g/mol. The molecule has 0 amide bonds. The fourth-order valence-electron chi connectivity index (χ4n) is 3.28. The third-order valence-corrected chi connectivity index (χ3v) is 7.05. The van der Waals surface area contributed by atoms with Gasteiger partial charge in [0.15, 0.2) is 0 Å². The Kier molecular flexibility index (Phi) is 4.39. The molecular formula is C14H20BrNS2. The molecule has 3 atom stereocenters. The molecular weight excluding hydrogens is 326 g/mol. The van der Waals surface area contributed by atoms with E-state index in [0.717, 1.165) is 11.3 Å². The Morgan fingerprint density at radius 2 is 2.28 bits per heavy atom. The predicted octanol–water partition coefficient (Wildman–Crippen LogP) is 4.76. The van der Waals surface area contributed by atoms with E-state index < -0.39 is 0 Å². The van der Waals surface area contributed by atoms with Gasteiger partial charge >= 0.3 is 0 Å². The van der Waals surface area contributed by atoms with Crippen molar-refractivity contribution in [2.75, 3.05) is 6.26 Å². The van der Waals surface area contributed by atoms with Gasteiger partial charge in [-0.3, -0.25) is 0 Å². The molecule has 1 aromatic rings. The molecule has 0 spiro atoms. The van der Waals surface area contributed by atoms with Gasteiger partial charge in [-0.1, -0.05) is 0 Å². The smallest absolute Gasteiger partial charge is 0.0704 e. The summed E-state index contributed by atoms with van der Waals surface area (Å²) in [5.74, 6) is 0. The van der Waals surface area contributed by atoms with Gasteiger partial charge in [0, 0.05) is 22.2 Å². The number of rotatable bonds is 3. The first kappa shape index (κ1) is 13.5. The van der Waals surface area contributed by atoms with Crippen LogP contribution in [0.2, 0.25) is 0 Å². The standard InChI is InChI=1S/C14H20BrNS2/c1-17-10-6-5-9(7-10)16-12-3-2-4-13-11(12)8-14(15)18-13/h8-10,12,16H,2-7H2,1H3. The summed E-state index contributed by atoms with van der Waals surface area (Å²) in [6, 6.07) is 3.71. The molecule has 1 fully saturated rings. The Morgan fingerprint density at radius 3 is 3.06 bits per heavy atom. The van der Waals surface area contributed by atoms with E-state index in [1.165, 1.54) is 42.3 Å². The predicted molar refractivity (Wildman–Crippen MR) is 85.8 cm³/mol. The topological polar surface area (TPSA) is 12.0 Å². The molecule has 3 unspecified atom stereocenters. The van der Waals surface area contributed by atoms with Crippen molar-refractivity contribution in [2.45, 2.75) is 55.9 Å². The van der Waals surface area contributed by atoms with Crippen LogP contribution in [0.25, 0.3) is 0 Å². The van der Waals surface area contributed by atoms with E-state index in [0.29, 0.717) is 6.04 Å². The summed E-state index contributed by atoms with van der Waals surface area (Å²) in [5, 5.41) is 4.81. The van der Waals surface area contributed by atoms with Crippen LogP contribution in [0.4, 0.5) is 0 Å². The van der Waals surface area contributed by atoms with Crippen LogP contribution in [0.15, 0.2) is 9.85 Å². The second-order valence-electron chi connectivity index (χ2n) is 5.41. The molecule has 0 saturated heterocycles. The highest BCUT2D eigenvalue weighted by Gasteiger charge is 2.29. The zero-order valence-corrected chi connectivity index (χ0v) is 14.0. The maximum atomic E-state index is 3.92. The van der Waals surface area contributed by atoms with Gasteiger partial charge in [0.25, 0.3) is 0 Å². The van der Waals surface area contributed by atoms with Gasteiger partial charge in [-0.05, 0) is 72.3 Å². The van der Waals surface area contributed by atoms with Gasteiger partial charge in [0.05, 0.1) is 3.79 Å². The molecule has 1 nitrogen and oxygen atoms in total. The van der Waals surface area contributed by atoms with Crippen LogP contribution < -0.4 is 5.32 Å². The third-order valence-electron chi connectivity index (χ3n) is 4.24. The van der Waals surface area contributed by atoms with Gasteiger partial charge in [-0.15, -0.1) is 11.3 Å². The van der Waals surface area contributed by atoms with Crippen molar-refractivity contribution < 1.29 is 0 Å². The van der Waals surface area contributed by atoms with Crippen LogP contribution in [-0.2, 0) is 6.42 Å². The Morgan fingerprint density at radius 1 is 1.39 bits per heavy atom. The lowest BCUT2D eigenvalue weighted by molar-refractivity contribution is 0.400. The first-order valence-electron chi connectivity index (χ1n) is 6.83. The number of thiophene rings is 1. The molecule has 2 aliphatic rings. The largest absolute Gasteiger partial charge is 0.307 e. The monoisotopic (exact) mass is 345 g/mol. The summed E-state index contributed by atoms with van der Waals surface area (Å²) in [6.07, 6.45) is 10.3. The van der Waals surface area contributed by atoms with E-state index in [2.05, 4.69) is 33.6 Å². The van der Waals surface area contributed by atoms with Crippen LogP contribution in [-0.4, -0.2) is 17.5 Å². The number of nitrogens with one attached hydrogen (secondary N) is 1. The van der Waals surface area contributed by atoms with Crippen LogP contribution in [0.5, 0.6) is 0 Å². The second-order valence-corrected chi connectivity index (χ2v) is 9.06. The Labute approximate surface area is 126 Å². The van der Waals surface area contributed by atoms with Crippen molar-refractivity contribution in [3.8, 4) is 0 Å². The normalized spacial score (nSPS) is 31.6. The lowest BCUT2D eigenvalue weighted by Gasteiger charge is -2.27. The maximum absolute atomic E-state index is 3.92. The number of fused-ring (bicyclic) bond motifs is 1. The minimum absolute atomic E-state index is 0.613. The minimum Gasteiger partial charge on any atom is -0.307 e. The first-order valence-corrected chi connectivity index (χ1v) is 9.73. The molecule has 18 heavy (non-hydrogen) atoms. The van der Waals surface area contributed by atoms with Gasteiger partial charge in [-0.2, -0.15) is 11.8 Å². The van der Waals surface area contributed by atoms with Crippen LogP contribution in [0.3, 0.4) is 0 Å². The van der Waals surface area contributed by atoms with Crippen LogP contribution >= 0.6 is 39.0 Å². The number of aryl methyl sites for hydroxylation is 1. The summed E-state index contributed by atoms with van der Waals surface area (Å²) >= 11 is 7.61. The fraction of sp³-hybridized carbons (Fsp3) is 0.714. The lowest BCUT2D eigenvalue weighted by Crippen LogP contribution is -2.32. The van der Waals surface area contributed by atoms with Gasteiger partial charge in [0.1, 0.15) is 0 Å². The number of hydrogen-bond donors (Lipinski definition) is 1. The molecule has 1 saturated carbocycles. The number of hydrogen-bond acceptors (Lipinski definition) is 3. The summed E-state index contributed by atoms with van der Waals surface area (Å²) in [7, 11) is 0. The second kappa shape index (κ2) is 5.86. The van der Waals surface area contributed by atoms with E-state index in [1.807, 2.05) is 23.1 Å². The Balaban J connectivity index is 1.67. The summed E-state index contributed by atoms with van der Waals surface area (Å²) in [4.78, 5) is 1.60. The number of thioether (sulfide) groups is 1. The molecule has 0 aromatic carbocycles. The van der Waals surface area contributed by atoms with Crippen molar-refractivity contribution in [1.29, 1.82) is 0 Å². The highest BCUT2D eigenvalue weighted by atomic mass is 79.9.